The van der Waals surface area contributed by atoms with E-state index in [1.165, 1.54) is 0 Å². The van der Waals surface area contributed by atoms with Gasteiger partial charge in [-0.3, -0.25) is 5.10 Å². The summed E-state index contributed by atoms with van der Waals surface area (Å²) in [5, 5.41) is 11.7. The fourth-order valence-corrected chi connectivity index (χ4v) is 1.79. The molecule has 3 rings (SSSR count). The number of fused-ring (bicyclic) bond motifs is 1. The molecule has 86 valence electrons. The summed E-state index contributed by atoms with van der Waals surface area (Å²) in [5.74, 6) is -0.874. The fraction of sp³-hybridized carbons (Fsp3) is 0.100. The summed E-state index contributed by atoms with van der Waals surface area (Å²) in [7, 11) is 0. The summed E-state index contributed by atoms with van der Waals surface area (Å²) >= 11 is 0. The molecule has 0 saturated heterocycles. The van der Waals surface area contributed by atoms with Crippen LogP contribution < -0.4 is 4.57 Å². The number of aliphatic carboxylic acids is 1. The summed E-state index contributed by atoms with van der Waals surface area (Å²) in [6.45, 7) is -0.0638. The summed E-state index contributed by atoms with van der Waals surface area (Å²) in [6, 6.07) is 0. The van der Waals surface area contributed by atoms with E-state index in [0.717, 1.165) is 16.9 Å². The Morgan fingerprint density at radius 1 is 1.59 bits per heavy atom. The van der Waals surface area contributed by atoms with Crippen LogP contribution in [0, 0.1) is 0 Å². The molecule has 3 heterocycles. The molecule has 0 fully saturated rings. The highest BCUT2D eigenvalue weighted by Gasteiger charge is 2.15. The van der Waals surface area contributed by atoms with Gasteiger partial charge in [-0.25, -0.2) is 23.8 Å². The average molecular weight is 232 g/mol. The van der Waals surface area contributed by atoms with Crippen LogP contribution in [-0.4, -0.2) is 30.7 Å². The number of carboxylic acid groups (broad SMARTS) is 1. The number of nitrogens with zero attached hydrogens (tertiary/aromatic N) is 3. The fourth-order valence-electron chi connectivity index (χ4n) is 1.79. The van der Waals surface area contributed by atoms with Gasteiger partial charge in [0.05, 0.1) is 5.56 Å². The zero-order chi connectivity index (χ0) is 11.8. The highest BCUT2D eigenvalue weighted by atomic mass is 16.4. The monoisotopic (exact) mass is 232 g/mol. The van der Waals surface area contributed by atoms with Crippen molar-refractivity contribution < 1.29 is 14.5 Å². The zero-order valence-corrected chi connectivity index (χ0v) is 8.79. The molecule has 7 heteroatoms. The smallest absolute Gasteiger partial charge is 0.346 e. The lowest BCUT2D eigenvalue weighted by Gasteiger charge is -1.87. The van der Waals surface area contributed by atoms with E-state index in [1.54, 1.807) is 27.8 Å². The standard InChI is InChI=1S/C10H9N5O2/c16-9(17)5-14-4-8(12-6-14)7-3-13-15-2-1-11-10(7)15/h1-4,6H,5H2,(H2,11,13,16,17)/p+1. The van der Waals surface area contributed by atoms with Gasteiger partial charge in [-0.05, 0) is 0 Å². The molecular weight excluding hydrogens is 222 g/mol. The van der Waals surface area contributed by atoms with Crippen LogP contribution in [0.1, 0.15) is 0 Å². The maximum absolute atomic E-state index is 10.6. The second-order valence-electron chi connectivity index (χ2n) is 3.69. The van der Waals surface area contributed by atoms with E-state index in [2.05, 4.69) is 15.1 Å². The molecule has 0 saturated carbocycles. The molecule has 0 amide bonds. The van der Waals surface area contributed by atoms with Gasteiger partial charge in [0, 0.05) is 18.6 Å². The molecule has 17 heavy (non-hydrogen) atoms. The third kappa shape index (κ3) is 1.57. The number of aromatic nitrogens is 5. The van der Waals surface area contributed by atoms with Crippen molar-refractivity contribution >= 4 is 11.6 Å². The molecule has 0 aromatic carbocycles. The molecule has 0 bridgehead atoms. The van der Waals surface area contributed by atoms with Crippen LogP contribution in [0.2, 0.25) is 0 Å². The van der Waals surface area contributed by atoms with Crippen molar-refractivity contribution in [3.05, 3.63) is 31.1 Å². The van der Waals surface area contributed by atoms with Crippen molar-refractivity contribution in [3.63, 3.8) is 0 Å². The van der Waals surface area contributed by atoms with Crippen LogP contribution in [-0.2, 0) is 11.3 Å². The van der Waals surface area contributed by atoms with Gasteiger partial charge >= 0.3 is 5.97 Å². The van der Waals surface area contributed by atoms with Crippen LogP contribution in [0.25, 0.3) is 16.9 Å². The van der Waals surface area contributed by atoms with Crippen LogP contribution in [0.4, 0.5) is 0 Å². The van der Waals surface area contributed by atoms with Gasteiger partial charge in [-0.15, -0.1) is 0 Å². The third-order valence-electron chi connectivity index (χ3n) is 2.52. The lowest BCUT2D eigenvalue weighted by Crippen LogP contribution is -2.35. The minimum atomic E-state index is -0.874. The molecule has 0 spiro atoms. The summed E-state index contributed by atoms with van der Waals surface area (Å²) in [6.07, 6.45) is 8.69. The van der Waals surface area contributed by atoms with Gasteiger partial charge in [0.25, 0.3) is 0 Å². The van der Waals surface area contributed by atoms with E-state index in [4.69, 9.17) is 5.11 Å². The summed E-state index contributed by atoms with van der Waals surface area (Å²) < 4.78 is 3.36. The van der Waals surface area contributed by atoms with E-state index in [9.17, 15) is 4.79 Å². The van der Waals surface area contributed by atoms with Crippen molar-refractivity contribution in [3.8, 4) is 11.3 Å². The Morgan fingerprint density at radius 2 is 2.47 bits per heavy atom. The lowest BCUT2D eigenvalue weighted by molar-refractivity contribution is -0.684. The number of rotatable bonds is 3. The molecule has 0 aliphatic carbocycles. The topological polar surface area (TPSA) is 90.1 Å². The van der Waals surface area contributed by atoms with E-state index in [1.807, 2.05) is 12.4 Å². The first kappa shape index (κ1) is 9.64. The first-order valence-electron chi connectivity index (χ1n) is 5.04. The predicted octanol–water partition coefficient (Wildman–Crippen LogP) is 0.0296. The average Bonchev–Trinajstić information content (AvgIpc) is 2.89. The summed E-state index contributed by atoms with van der Waals surface area (Å²) in [5.41, 5.74) is 2.53. The molecule has 7 nitrogen and oxygen atoms in total. The molecule has 3 aromatic heterocycles. The largest absolute Gasteiger partial charge is 0.478 e. The number of hydrogen-bond acceptors (Lipinski definition) is 2. The quantitative estimate of drug-likeness (QED) is 0.556. The molecule has 0 atom stereocenters. The number of hydrogen-bond donors (Lipinski definition) is 3. The summed E-state index contributed by atoms with van der Waals surface area (Å²) in [4.78, 5) is 17.8. The Balaban J connectivity index is 2.02. The van der Waals surface area contributed by atoms with Crippen LogP contribution in [0.15, 0.2) is 31.1 Å². The van der Waals surface area contributed by atoms with Crippen molar-refractivity contribution in [1.82, 2.24) is 19.6 Å². The van der Waals surface area contributed by atoms with Crippen molar-refractivity contribution in [2.24, 2.45) is 0 Å². The van der Waals surface area contributed by atoms with Crippen molar-refractivity contribution in [2.45, 2.75) is 6.54 Å². The Hall–Kier alpha value is -2.57. The molecule has 0 aliphatic rings. The zero-order valence-electron chi connectivity index (χ0n) is 8.79. The maximum Gasteiger partial charge on any atom is 0.346 e. The van der Waals surface area contributed by atoms with Crippen molar-refractivity contribution in [1.29, 1.82) is 0 Å². The van der Waals surface area contributed by atoms with Gasteiger partial charge < -0.3 is 5.11 Å². The van der Waals surface area contributed by atoms with E-state index < -0.39 is 5.97 Å². The molecule has 3 aromatic rings. The lowest BCUT2D eigenvalue weighted by atomic mass is 10.3. The van der Waals surface area contributed by atoms with E-state index in [0.29, 0.717) is 0 Å². The van der Waals surface area contributed by atoms with Gasteiger partial charge in [0.2, 0.25) is 6.33 Å². The Labute approximate surface area is 95.3 Å². The first-order valence-corrected chi connectivity index (χ1v) is 5.04. The van der Waals surface area contributed by atoms with Gasteiger partial charge in [-0.1, -0.05) is 0 Å². The number of nitrogens with one attached hydrogen (secondary N) is 2. The minimum Gasteiger partial charge on any atom is -0.478 e. The number of carbonyl (C=O) groups is 1. The molecule has 0 aliphatic heterocycles. The first-order chi connectivity index (χ1) is 8.24. The van der Waals surface area contributed by atoms with Crippen LogP contribution in [0.5, 0.6) is 0 Å². The van der Waals surface area contributed by atoms with Gasteiger partial charge in [0.15, 0.2) is 17.9 Å². The minimum absolute atomic E-state index is 0.0638. The Bertz CT molecular complexity index is 678. The van der Waals surface area contributed by atoms with Crippen LogP contribution in [0.3, 0.4) is 0 Å². The van der Waals surface area contributed by atoms with Gasteiger partial charge in [0.1, 0.15) is 6.20 Å². The Morgan fingerprint density at radius 3 is 3.29 bits per heavy atom. The van der Waals surface area contributed by atoms with E-state index >= 15 is 0 Å². The highest BCUT2D eigenvalue weighted by molar-refractivity contribution is 5.73. The Kier molecular flexibility index (Phi) is 1.97. The third-order valence-corrected chi connectivity index (χ3v) is 2.52. The van der Waals surface area contributed by atoms with Gasteiger partial charge in [-0.2, -0.15) is 0 Å². The van der Waals surface area contributed by atoms with Crippen molar-refractivity contribution in [2.75, 3.05) is 0 Å². The maximum atomic E-state index is 10.6. The van der Waals surface area contributed by atoms with Crippen LogP contribution >= 0.6 is 0 Å². The molecular formula is C10H10N5O2+. The second kappa shape index (κ2) is 3.48. The predicted molar refractivity (Wildman–Crippen MR) is 57.2 cm³/mol. The second-order valence-corrected chi connectivity index (χ2v) is 3.69. The number of carboxylic acids is 1. The number of imidazole rings is 2. The number of H-pyrrole nitrogens is 2. The molecule has 0 radical (unpaired) electrons. The highest BCUT2D eigenvalue weighted by Crippen LogP contribution is 2.19. The SMILES string of the molecule is O=C(O)C[n+]1c[nH]c(-c2c[nH]n3ccnc23)c1. The normalized spacial score (nSPS) is 11.1. The number of aromatic amines is 2. The molecule has 0 unspecified atom stereocenters. The van der Waals surface area contributed by atoms with E-state index in [-0.39, 0.29) is 6.54 Å². The molecule has 3 N–H and O–H groups in total.